The minimum absolute atomic E-state index is 0.0512. The molecule has 0 atom stereocenters. The second-order valence-electron chi connectivity index (χ2n) is 3.60. The van der Waals surface area contributed by atoms with E-state index < -0.39 is 18.9 Å². The number of aliphatic hydroxyl groups is 1. The number of hydrogen-bond donors (Lipinski definition) is 2. The van der Waals surface area contributed by atoms with Crippen LogP contribution in [0.3, 0.4) is 0 Å². The maximum absolute atomic E-state index is 12.8. The molecule has 0 bridgehead atoms. The fourth-order valence-corrected chi connectivity index (χ4v) is 2.04. The summed E-state index contributed by atoms with van der Waals surface area (Å²) in [5, 5.41) is 10.3. The number of hydrogen-bond acceptors (Lipinski definition) is 5. The van der Waals surface area contributed by atoms with E-state index >= 15 is 0 Å². The van der Waals surface area contributed by atoms with Crippen molar-refractivity contribution < 1.29 is 18.7 Å². The van der Waals surface area contributed by atoms with Crippen LogP contribution in [0.25, 0.3) is 0 Å². The molecule has 0 spiro atoms. The van der Waals surface area contributed by atoms with Gasteiger partial charge in [0.15, 0.2) is 5.78 Å². The van der Waals surface area contributed by atoms with E-state index in [0.29, 0.717) is 0 Å². The average molecular weight is 266 g/mol. The highest BCUT2D eigenvalue weighted by molar-refractivity contribution is 6.15. The van der Waals surface area contributed by atoms with Gasteiger partial charge in [-0.15, -0.1) is 0 Å². The lowest BCUT2D eigenvalue weighted by atomic mass is 9.97. The van der Waals surface area contributed by atoms with Crippen LogP contribution in [0.4, 0.5) is 8.78 Å². The van der Waals surface area contributed by atoms with E-state index in [9.17, 15) is 13.6 Å². The minimum Gasteiger partial charge on any atom is -0.375 e. The van der Waals surface area contributed by atoms with E-state index in [1.165, 1.54) is 11.2 Å². The standard InChI is InChI=1S/C9H10ClF2N3O2/c10-14-2-5(9(11)12)8-6(3-14)15(4-16)13-1-7(8)17/h3,9,13,16H,1-2,4H2. The maximum Gasteiger partial charge on any atom is 0.262 e. The Labute approximate surface area is 101 Å². The Bertz CT molecular complexity index is 411. The molecule has 0 aromatic heterocycles. The first kappa shape index (κ1) is 12.3. The number of aliphatic hydroxyl groups excluding tert-OH is 1. The summed E-state index contributed by atoms with van der Waals surface area (Å²) in [5.41, 5.74) is 2.40. The lowest BCUT2D eigenvalue weighted by molar-refractivity contribution is -0.117. The Morgan fingerprint density at radius 2 is 2.29 bits per heavy atom. The zero-order valence-corrected chi connectivity index (χ0v) is 9.42. The van der Waals surface area contributed by atoms with E-state index in [1.54, 1.807) is 0 Å². The highest BCUT2D eigenvalue weighted by Gasteiger charge is 2.35. The second kappa shape index (κ2) is 4.59. The molecule has 2 N–H and O–H groups in total. The van der Waals surface area contributed by atoms with Crippen LogP contribution in [0.1, 0.15) is 0 Å². The van der Waals surface area contributed by atoms with Gasteiger partial charge in [-0.3, -0.25) is 14.2 Å². The number of nitrogens with one attached hydrogen (secondary N) is 1. The van der Waals surface area contributed by atoms with E-state index in [-0.39, 0.29) is 29.9 Å². The van der Waals surface area contributed by atoms with Crippen molar-refractivity contribution in [2.45, 2.75) is 6.43 Å². The summed E-state index contributed by atoms with van der Waals surface area (Å²) < 4.78 is 26.7. The van der Waals surface area contributed by atoms with Crippen molar-refractivity contribution in [3.05, 3.63) is 23.0 Å². The lowest BCUT2D eigenvalue weighted by Gasteiger charge is -2.36. The lowest BCUT2D eigenvalue weighted by Crippen LogP contribution is -2.49. The molecule has 1 fully saturated rings. The van der Waals surface area contributed by atoms with Crippen LogP contribution in [0, 0.1) is 0 Å². The van der Waals surface area contributed by atoms with Gasteiger partial charge in [0.05, 0.1) is 24.4 Å². The van der Waals surface area contributed by atoms with Gasteiger partial charge in [-0.25, -0.2) is 14.2 Å². The topological polar surface area (TPSA) is 55.8 Å². The molecule has 0 aromatic rings. The van der Waals surface area contributed by atoms with Crippen molar-refractivity contribution in [1.82, 2.24) is 14.9 Å². The number of hydrazine groups is 1. The Morgan fingerprint density at radius 1 is 1.59 bits per heavy atom. The smallest absolute Gasteiger partial charge is 0.262 e. The fraction of sp³-hybridized carbons (Fsp3) is 0.444. The average Bonchev–Trinajstić information content (AvgIpc) is 2.28. The molecule has 5 nitrogen and oxygen atoms in total. The Balaban J connectivity index is 2.48. The van der Waals surface area contributed by atoms with Crippen LogP contribution in [0.5, 0.6) is 0 Å². The zero-order valence-electron chi connectivity index (χ0n) is 8.66. The number of carbonyl (C=O) groups excluding carboxylic acids is 1. The van der Waals surface area contributed by atoms with Crippen LogP contribution < -0.4 is 5.43 Å². The molecule has 2 rings (SSSR count). The molecule has 0 saturated carbocycles. The summed E-state index contributed by atoms with van der Waals surface area (Å²) in [6.07, 6.45) is -1.42. The summed E-state index contributed by atoms with van der Waals surface area (Å²) in [7, 11) is 0. The molecule has 0 aromatic carbocycles. The molecule has 2 aliphatic heterocycles. The normalized spacial score (nSPS) is 21.0. The molecule has 2 heterocycles. The first-order valence-electron chi connectivity index (χ1n) is 4.85. The number of Topliss-reactive ketones (excluding diaryl/α,β-unsaturated/α-hetero) is 1. The summed E-state index contributed by atoms with van der Waals surface area (Å²) in [4.78, 5) is 11.6. The van der Waals surface area contributed by atoms with Gasteiger partial charge in [-0.2, -0.15) is 0 Å². The Hall–Kier alpha value is -1.18. The number of fused-ring (bicyclic) bond motifs is 1. The molecular weight excluding hydrogens is 256 g/mol. The quantitative estimate of drug-likeness (QED) is 0.699. The van der Waals surface area contributed by atoms with Crippen molar-refractivity contribution >= 4 is 17.6 Å². The highest BCUT2D eigenvalue weighted by atomic mass is 35.5. The van der Waals surface area contributed by atoms with E-state index in [1.807, 2.05) is 0 Å². The first-order chi connectivity index (χ1) is 8.04. The molecular formula is C9H10ClF2N3O2. The largest absolute Gasteiger partial charge is 0.375 e. The van der Waals surface area contributed by atoms with Crippen molar-refractivity contribution in [2.24, 2.45) is 0 Å². The van der Waals surface area contributed by atoms with Crippen molar-refractivity contribution in [2.75, 3.05) is 19.8 Å². The molecule has 0 amide bonds. The monoisotopic (exact) mass is 265 g/mol. The second-order valence-corrected chi connectivity index (χ2v) is 4.03. The fourth-order valence-electron chi connectivity index (χ4n) is 1.82. The third-order valence-corrected chi connectivity index (χ3v) is 2.78. The molecule has 0 aliphatic carbocycles. The van der Waals surface area contributed by atoms with Crippen LogP contribution in [0.15, 0.2) is 23.0 Å². The Morgan fingerprint density at radius 3 is 2.88 bits per heavy atom. The van der Waals surface area contributed by atoms with Crippen LogP contribution in [-0.4, -0.2) is 46.6 Å². The first-order valence-corrected chi connectivity index (χ1v) is 5.19. The van der Waals surface area contributed by atoms with Gasteiger partial charge in [0.2, 0.25) is 0 Å². The SMILES string of the molecule is O=C1CNN(CO)C2=CN(Cl)CC(C(F)F)=C12. The highest BCUT2D eigenvalue weighted by Crippen LogP contribution is 2.31. The summed E-state index contributed by atoms with van der Waals surface area (Å²) >= 11 is 5.69. The maximum atomic E-state index is 12.8. The van der Waals surface area contributed by atoms with Gasteiger partial charge in [-0.1, -0.05) is 0 Å². The van der Waals surface area contributed by atoms with Gasteiger partial charge in [0.25, 0.3) is 6.43 Å². The van der Waals surface area contributed by atoms with Gasteiger partial charge in [-0.05, 0) is 0 Å². The van der Waals surface area contributed by atoms with Gasteiger partial charge >= 0.3 is 0 Å². The summed E-state index contributed by atoms with van der Waals surface area (Å²) in [6.45, 7) is -0.765. The zero-order chi connectivity index (χ0) is 12.6. The van der Waals surface area contributed by atoms with Crippen molar-refractivity contribution in [3.8, 4) is 0 Å². The molecule has 94 valence electrons. The number of ketones is 1. The molecule has 0 unspecified atom stereocenters. The predicted molar refractivity (Wildman–Crippen MR) is 55.6 cm³/mol. The number of nitrogens with zero attached hydrogens (tertiary/aromatic N) is 2. The third kappa shape index (κ3) is 2.13. The minimum atomic E-state index is -2.75. The predicted octanol–water partition coefficient (Wildman–Crippen LogP) is 0.198. The van der Waals surface area contributed by atoms with Crippen LogP contribution >= 0.6 is 11.8 Å². The number of rotatable bonds is 2. The third-order valence-electron chi connectivity index (χ3n) is 2.57. The van der Waals surface area contributed by atoms with Gasteiger partial charge < -0.3 is 5.11 Å². The summed E-state index contributed by atoms with van der Waals surface area (Å²) in [5.74, 6) is -0.430. The number of allylic oxidation sites excluding steroid dienone is 1. The van der Waals surface area contributed by atoms with Gasteiger partial charge in [0.1, 0.15) is 6.73 Å². The van der Waals surface area contributed by atoms with Crippen LogP contribution in [-0.2, 0) is 4.79 Å². The Kier molecular flexibility index (Phi) is 3.32. The summed E-state index contributed by atoms with van der Waals surface area (Å²) in [6, 6.07) is 0. The molecule has 1 saturated heterocycles. The van der Waals surface area contributed by atoms with Gasteiger partial charge in [0, 0.05) is 23.5 Å². The molecule has 8 heteroatoms. The van der Waals surface area contributed by atoms with Crippen molar-refractivity contribution in [3.63, 3.8) is 0 Å². The number of carbonyl (C=O) groups is 1. The number of halogens is 3. The van der Waals surface area contributed by atoms with E-state index in [4.69, 9.17) is 16.9 Å². The molecule has 2 aliphatic rings. The van der Waals surface area contributed by atoms with Crippen LogP contribution in [0.2, 0.25) is 0 Å². The number of alkyl halides is 2. The van der Waals surface area contributed by atoms with E-state index in [2.05, 4.69) is 5.43 Å². The molecule has 17 heavy (non-hydrogen) atoms. The molecule has 0 radical (unpaired) electrons. The van der Waals surface area contributed by atoms with E-state index in [0.717, 1.165) is 4.42 Å². The van der Waals surface area contributed by atoms with Crippen molar-refractivity contribution in [1.29, 1.82) is 0 Å².